The molecule has 0 radical (unpaired) electrons. The van der Waals surface area contributed by atoms with E-state index in [0.717, 1.165) is 28.2 Å². The minimum atomic E-state index is -0.464. The van der Waals surface area contributed by atoms with Gasteiger partial charge in [0.1, 0.15) is 6.04 Å². The van der Waals surface area contributed by atoms with Crippen LogP contribution in [0.1, 0.15) is 23.6 Å². The van der Waals surface area contributed by atoms with Gasteiger partial charge in [-0.3, -0.25) is 9.59 Å². The number of hydrogen-bond donors (Lipinski definition) is 1. The molecule has 6 heteroatoms. The van der Waals surface area contributed by atoms with Gasteiger partial charge in [0, 0.05) is 26.4 Å². The third-order valence-electron chi connectivity index (χ3n) is 5.11. The lowest BCUT2D eigenvalue weighted by Gasteiger charge is -2.35. The van der Waals surface area contributed by atoms with Crippen molar-refractivity contribution in [1.82, 2.24) is 10.2 Å². The third-order valence-corrected chi connectivity index (χ3v) is 5.11. The van der Waals surface area contributed by atoms with E-state index in [2.05, 4.69) is 5.32 Å². The monoisotopic (exact) mass is 366 g/mol. The Morgan fingerprint density at radius 1 is 1.11 bits per heavy atom. The number of amides is 2. The van der Waals surface area contributed by atoms with Crippen LogP contribution in [0.4, 0.5) is 0 Å². The van der Waals surface area contributed by atoms with Crippen LogP contribution in [0.15, 0.2) is 42.5 Å². The fraction of sp³-hybridized carbons (Fsp3) is 0.333. The smallest absolute Gasteiger partial charge is 0.243 e. The highest BCUT2D eigenvalue weighted by molar-refractivity contribution is 5.87. The van der Waals surface area contributed by atoms with Crippen molar-refractivity contribution >= 4 is 11.8 Å². The SMILES string of the molecule is CC(=O)N1Cc2ccccc2C[C@H]1C(=O)NCCc1ccc2c(c1)OCO2. The molecule has 2 aromatic carbocycles. The molecular weight excluding hydrogens is 344 g/mol. The summed E-state index contributed by atoms with van der Waals surface area (Å²) in [4.78, 5) is 26.4. The van der Waals surface area contributed by atoms with Gasteiger partial charge >= 0.3 is 0 Å². The summed E-state index contributed by atoms with van der Waals surface area (Å²) in [7, 11) is 0. The minimum Gasteiger partial charge on any atom is -0.454 e. The number of nitrogens with one attached hydrogen (secondary N) is 1. The molecule has 2 aliphatic heterocycles. The van der Waals surface area contributed by atoms with E-state index in [0.29, 0.717) is 25.9 Å². The highest BCUT2D eigenvalue weighted by atomic mass is 16.7. The van der Waals surface area contributed by atoms with Gasteiger partial charge in [0.15, 0.2) is 11.5 Å². The molecule has 1 atom stereocenters. The van der Waals surface area contributed by atoms with E-state index < -0.39 is 6.04 Å². The topological polar surface area (TPSA) is 67.9 Å². The summed E-state index contributed by atoms with van der Waals surface area (Å²) in [5, 5.41) is 2.98. The van der Waals surface area contributed by atoms with Gasteiger partial charge in [0.25, 0.3) is 0 Å². The van der Waals surface area contributed by atoms with Crippen LogP contribution >= 0.6 is 0 Å². The number of fused-ring (bicyclic) bond motifs is 2. The lowest BCUT2D eigenvalue weighted by Crippen LogP contribution is -2.52. The number of benzene rings is 2. The van der Waals surface area contributed by atoms with Gasteiger partial charge in [-0.1, -0.05) is 30.3 Å². The second-order valence-electron chi connectivity index (χ2n) is 6.86. The summed E-state index contributed by atoms with van der Waals surface area (Å²) >= 11 is 0. The molecule has 140 valence electrons. The minimum absolute atomic E-state index is 0.0829. The zero-order valence-electron chi connectivity index (χ0n) is 15.2. The summed E-state index contributed by atoms with van der Waals surface area (Å²) in [6, 6.07) is 13.3. The first-order valence-electron chi connectivity index (χ1n) is 9.12. The van der Waals surface area contributed by atoms with Gasteiger partial charge in [0.05, 0.1) is 0 Å². The van der Waals surface area contributed by atoms with Crippen molar-refractivity contribution in [3.8, 4) is 11.5 Å². The standard InChI is InChI=1S/C21H22N2O4/c1-14(24)23-12-17-5-3-2-4-16(17)11-18(23)21(25)22-9-8-15-6-7-19-20(10-15)27-13-26-19/h2-7,10,18H,8-9,11-13H2,1H3,(H,22,25)/t18-/m0/s1. The molecule has 6 nitrogen and oxygen atoms in total. The Labute approximate surface area is 158 Å². The summed E-state index contributed by atoms with van der Waals surface area (Å²) in [6.07, 6.45) is 1.23. The van der Waals surface area contributed by atoms with Crippen molar-refractivity contribution < 1.29 is 19.1 Å². The Bertz CT molecular complexity index is 880. The van der Waals surface area contributed by atoms with E-state index in [9.17, 15) is 9.59 Å². The largest absolute Gasteiger partial charge is 0.454 e. The summed E-state index contributed by atoms with van der Waals surface area (Å²) in [5.41, 5.74) is 3.31. The average Bonchev–Trinajstić information content (AvgIpc) is 3.14. The first kappa shape index (κ1) is 17.4. The normalized spacial score (nSPS) is 17.4. The zero-order chi connectivity index (χ0) is 18.8. The van der Waals surface area contributed by atoms with Crippen LogP contribution in [0.2, 0.25) is 0 Å². The molecule has 1 N–H and O–H groups in total. The Morgan fingerprint density at radius 2 is 1.89 bits per heavy atom. The second kappa shape index (κ2) is 7.31. The lowest BCUT2D eigenvalue weighted by molar-refractivity contribution is -0.140. The number of carbonyl (C=O) groups is 2. The Balaban J connectivity index is 1.39. The predicted molar refractivity (Wildman–Crippen MR) is 99.4 cm³/mol. The van der Waals surface area contributed by atoms with Gasteiger partial charge in [-0.05, 0) is 35.2 Å². The molecule has 0 saturated carbocycles. The number of rotatable bonds is 4. The first-order chi connectivity index (χ1) is 13.1. The van der Waals surface area contributed by atoms with Crippen molar-refractivity contribution in [2.45, 2.75) is 32.4 Å². The maximum Gasteiger partial charge on any atom is 0.243 e. The molecule has 0 aliphatic carbocycles. The van der Waals surface area contributed by atoms with Crippen molar-refractivity contribution in [3.05, 3.63) is 59.2 Å². The van der Waals surface area contributed by atoms with Gasteiger partial charge < -0.3 is 19.7 Å². The fourth-order valence-corrected chi connectivity index (χ4v) is 3.63. The highest BCUT2D eigenvalue weighted by Crippen LogP contribution is 2.32. The predicted octanol–water partition coefficient (Wildman–Crippen LogP) is 2.05. The molecule has 0 fully saturated rings. The van der Waals surface area contributed by atoms with Crippen molar-refractivity contribution in [2.24, 2.45) is 0 Å². The molecule has 2 heterocycles. The molecule has 0 spiro atoms. The van der Waals surface area contributed by atoms with Crippen molar-refractivity contribution in [3.63, 3.8) is 0 Å². The van der Waals surface area contributed by atoms with E-state index in [-0.39, 0.29) is 18.6 Å². The van der Waals surface area contributed by atoms with E-state index in [1.165, 1.54) is 6.92 Å². The quantitative estimate of drug-likeness (QED) is 0.899. The lowest BCUT2D eigenvalue weighted by atomic mass is 9.93. The van der Waals surface area contributed by atoms with Crippen LogP contribution in [-0.4, -0.2) is 36.1 Å². The second-order valence-corrected chi connectivity index (χ2v) is 6.86. The zero-order valence-corrected chi connectivity index (χ0v) is 15.2. The average molecular weight is 366 g/mol. The van der Waals surface area contributed by atoms with Crippen LogP contribution in [0.25, 0.3) is 0 Å². The number of hydrogen-bond acceptors (Lipinski definition) is 4. The number of carbonyl (C=O) groups excluding carboxylic acids is 2. The maximum absolute atomic E-state index is 12.8. The molecule has 27 heavy (non-hydrogen) atoms. The molecule has 0 aromatic heterocycles. The summed E-state index contributed by atoms with van der Waals surface area (Å²) in [5.74, 6) is 1.30. The fourth-order valence-electron chi connectivity index (χ4n) is 3.63. The van der Waals surface area contributed by atoms with Crippen LogP contribution < -0.4 is 14.8 Å². The molecule has 0 saturated heterocycles. The number of nitrogens with zero attached hydrogens (tertiary/aromatic N) is 1. The highest BCUT2D eigenvalue weighted by Gasteiger charge is 2.32. The molecular formula is C21H22N2O4. The summed E-state index contributed by atoms with van der Waals surface area (Å²) in [6.45, 7) is 2.74. The summed E-state index contributed by atoms with van der Waals surface area (Å²) < 4.78 is 10.7. The van der Waals surface area contributed by atoms with Crippen molar-refractivity contribution in [2.75, 3.05) is 13.3 Å². The van der Waals surface area contributed by atoms with E-state index in [4.69, 9.17) is 9.47 Å². The Kier molecular flexibility index (Phi) is 4.71. The molecule has 2 aliphatic rings. The molecule has 0 bridgehead atoms. The van der Waals surface area contributed by atoms with Gasteiger partial charge in [-0.15, -0.1) is 0 Å². The Morgan fingerprint density at radius 3 is 2.70 bits per heavy atom. The Hall–Kier alpha value is -3.02. The molecule has 2 aromatic rings. The van der Waals surface area contributed by atoms with E-state index in [1.807, 2.05) is 42.5 Å². The van der Waals surface area contributed by atoms with Gasteiger partial charge in [-0.25, -0.2) is 0 Å². The first-order valence-corrected chi connectivity index (χ1v) is 9.12. The van der Waals surface area contributed by atoms with Gasteiger partial charge in [-0.2, -0.15) is 0 Å². The maximum atomic E-state index is 12.8. The third kappa shape index (κ3) is 3.60. The van der Waals surface area contributed by atoms with Crippen molar-refractivity contribution in [1.29, 1.82) is 0 Å². The van der Waals surface area contributed by atoms with E-state index in [1.54, 1.807) is 4.90 Å². The van der Waals surface area contributed by atoms with Crippen LogP contribution in [0.3, 0.4) is 0 Å². The van der Waals surface area contributed by atoms with Crippen LogP contribution in [0, 0.1) is 0 Å². The molecule has 4 rings (SSSR count). The van der Waals surface area contributed by atoms with Crippen LogP contribution in [0.5, 0.6) is 11.5 Å². The number of ether oxygens (including phenoxy) is 2. The van der Waals surface area contributed by atoms with Gasteiger partial charge in [0.2, 0.25) is 18.6 Å². The molecule has 2 amide bonds. The van der Waals surface area contributed by atoms with E-state index >= 15 is 0 Å². The van der Waals surface area contributed by atoms with Crippen LogP contribution in [-0.2, 0) is 29.0 Å². The molecule has 0 unspecified atom stereocenters.